The van der Waals surface area contributed by atoms with Gasteiger partial charge in [0.1, 0.15) is 18.6 Å². The van der Waals surface area contributed by atoms with Gasteiger partial charge in [0.2, 0.25) is 5.89 Å². The van der Waals surface area contributed by atoms with Crippen molar-refractivity contribution in [1.29, 1.82) is 0 Å². The molecule has 3 aromatic rings. The van der Waals surface area contributed by atoms with Gasteiger partial charge in [-0.3, -0.25) is 0 Å². The summed E-state index contributed by atoms with van der Waals surface area (Å²) in [5.74, 6) is 1.36. The number of aromatic nitrogens is 1. The highest BCUT2D eigenvalue weighted by molar-refractivity contribution is 5.54. The number of hydrogen-bond donors (Lipinski definition) is 2. The topological polar surface area (TPSA) is 67.5 Å². The minimum atomic E-state index is 0.00940. The third-order valence-electron chi connectivity index (χ3n) is 3.54. The lowest BCUT2D eigenvalue weighted by atomic mass is 10.1. The van der Waals surface area contributed by atoms with Crippen molar-refractivity contribution in [2.24, 2.45) is 0 Å². The van der Waals surface area contributed by atoms with Crippen LogP contribution in [0.3, 0.4) is 0 Å². The van der Waals surface area contributed by atoms with Gasteiger partial charge in [-0.15, -0.1) is 0 Å². The number of aliphatic hydroxyl groups is 1. The molecule has 24 heavy (non-hydrogen) atoms. The third kappa shape index (κ3) is 4.14. The van der Waals surface area contributed by atoms with Crippen LogP contribution in [0.2, 0.25) is 0 Å². The Hall–Kier alpha value is -2.79. The van der Waals surface area contributed by atoms with Crippen LogP contribution in [0, 0.1) is 6.92 Å². The van der Waals surface area contributed by atoms with Crippen molar-refractivity contribution in [3.63, 3.8) is 0 Å². The molecule has 0 aliphatic rings. The first-order valence-electron chi connectivity index (χ1n) is 7.83. The summed E-state index contributed by atoms with van der Waals surface area (Å²) in [5, 5.41) is 12.0. The quantitative estimate of drug-likeness (QED) is 0.694. The first kappa shape index (κ1) is 16.1. The van der Waals surface area contributed by atoms with Crippen LogP contribution in [-0.4, -0.2) is 23.3 Å². The molecule has 3 rings (SSSR count). The first-order chi connectivity index (χ1) is 11.7. The molecule has 5 nitrogen and oxygen atoms in total. The zero-order valence-corrected chi connectivity index (χ0v) is 13.5. The van der Waals surface area contributed by atoms with Crippen molar-refractivity contribution in [1.82, 2.24) is 4.98 Å². The minimum absolute atomic E-state index is 0.00940. The Bertz CT molecular complexity index is 764. The zero-order valence-electron chi connectivity index (χ0n) is 13.5. The summed E-state index contributed by atoms with van der Waals surface area (Å²) in [6, 6.07) is 15.7. The van der Waals surface area contributed by atoms with Crippen LogP contribution in [0.4, 0.5) is 5.69 Å². The molecular formula is C19H20N2O3. The van der Waals surface area contributed by atoms with Crippen molar-refractivity contribution in [3.05, 3.63) is 66.1 Å². The normalized spacial score (nSPS) is 10.6. The largest absolute Gasteiger partial charge is 0.491 e. The van der Waals surface area contributed by atoms with Crippen LogP contribution in [0.5, 0.6) is 5.75 Å². The van der Waals surface area contributed by atoms with Crippen molar-refractivity contribution in [2.75, 3.05) is 18.5 Å². The molecule has 0 unspecified atom stereocenters. The van der Waals surface area contributed by atoms with Gasteiger partial charge in [-0.05, 0) is 43.3 Å². The minimum Gasteiger partial charge on any atom is -0.491 e. The van der Waals surface area contributed by atoms with E-state index in [4.69, 9.17) is 14.3 Å². The molecule has 0 atom stereocenters. The highest BCUT2D eigenvalue weighted by Crippen LogP contribution is 2.20. The maximum Gasteiger partial charge on any atom is 0.226 e. The van der Waals surface area contributed by atoms with E-state index in [9.17, 15) is 0 Å². The molecule has 5 heteroatoms. The molecule has 0 saturated heterocycles. The van der Waals surface area contributed by atoms with Gasteiger partial charge in [-0.1, -0.05) is 17.7 Å². The zero-order chi connectivity index (χ0) is 16.8. The molecule has 0 aliphatic carbocycles. The van der Waals surface area contributed by atoms with Gasteiger partial charge in [0.05, 0.1) is 18.8 Å². The fourth-order valence-corrected chi connectivity index (χ4v) is 2.24. The van der Waals surface area contributed by atoms with Gasteiger partial charge in [-0.2, -0.15) is 0 Å². The summed E-state index contributed by atoms with van der Waals surface area (Å²) >= 11 is 0. The molecule has 0 radical (unpaired) electrons. The molecule has 2 aromatic carbocycles. The average Bonchev–Trinajstić information content (AvgIpc) is 3.09. The van der Waals surface area contributed by atoms with E-state index < -0.39 is 0 Å². The van der Waals surface area contributed by atoms with E-state index in [0.29, 0.717) is 19.0 Å². The van der Waals surface area contributed by atoms with E-state index in [1.807, 2.05) is 48.5 Å². The molecule has 0 spiro atoms. The summed E-state index contributed by atoms with van der Waals surface area (Å²) in [6.45, 7) is 2.93. The van der Waals surface area contributed by atoms with Crippen LogP contribution in [0.25, 0.3) is 11.5 Å². The monoisotopic (exact) mass is 324 g/mol. The van der Waals surface area contributed by atoms with Crippen LogP contribution >= 0.6 is 0 Å². The van der Waals surface area contributed by atoms with Crippen LogP contribution < -0.4 is 10.1 Å². The van der Waals surface area contributed by atoms with Gasteiger partial charge in [0, 0.05) is 11.3 Å². The standard InChI is InChI=1S/C19H20N2O3/c1-14-2-4-15(5-3-14)19-21-17(13-24-19)12-20-16-6-8-18(9-7-16)23-11-10-22/h2-9,13,20,22H,10-12H2,1H3. The SMILES string of the molecule is Cc1ccc(-c2nc(CNc3ccc(OCCO)cc3)co2)cc1. The van der Waals surface area contributed by atoms with Crippen LogP contribution in [0.1, 0.15) is 11.3 Å². The Kier molecular flexibility index (Phi) is 5.13. The number of rotatable bonds is 7. The molecule has 0 saturated carbocycles. The molecule has 1 aromatic heterocycles. The number of oxazole rings is 1. The molecule has 124 valence electrons. The predicted octanol–water partition coefficient (Wildman–Crippen LogP) is 3.63. The number of aryl methyl sites for hydroxylation is 1. The van der Waals surface area contributed by atoms with Crippen LogP contribution in [0.15, 0.2) is 59.2 Å². The lowest BCUT2D eigenvalue weighted by Gasteiger charge is -2.07. The Morgan fingerprint density at radius 3 is 2.54 bits per heavy atom. The Labute approximate surface area is 140 Å². The molecule has 0 fully saturated rings. The lowest BCUT2D eigenvalue weighted by molar-refractivity contribution is 0.201. The Balaban J connectivity index is 1.58. The summed E-state index contributed by atoms with van der Waals surface area (Å²) in [7, 11) is 0. The van der Waals surface area contributed by atoms with E-state index in [2.05, 4.69) is 17.2 Å². The predicted molar refractivity (Wildman–Crippen MR) is 93.0 cm³/mol. The van der Waals surface area contributed by atoms with Gasteiger partial charge in [0.15, 0.2) is 0 Å². The second kappa shape index (κ2) is 7.66. The van der Waals surface area contributed by atoms with Gasteiger partial charge >= 0.3 is 0 Å². The maximum atomic E-state index is 8.74. The third-order valence-corrected chi connectivity index (χ3v) is 3.54. The summed E-state index contributed by atoms with van der Waals surface area (Å²) in [5.41, 5.74) is 3.98. The average molecular weight is 324 g/mol. The first-order valence-corrected chi connectivity index (χ1v) is 7.83. The summed E-state index contributed by atoms with van der Waals surface area (Å²) < 4.78 is 10.9. The van der Waals surface area contributed by atoms with Gasteiger partial charge < -0.3 is 19.6 Å². The van der Waals surface area contributed by atoms with Crippen molar-refractivity contribution in [2.45, 2.75) is 13.5 Å². The van der Waals surface area contributed by atoms with E-state index >= 15 is 0 Å². The summed E-state index contributed by atoms with van der Waals surface area (Å²) in [4.78, 5) is 4.50. The highest BCUT2D eigenvalue weighted by Gasteiger charge is 2.06. The highest BCUT2D eigenvalue weighted by atomic mass is 16.5. The second-order valence-electron chi connectivity index (χ2n) is 5.46. The number of nitrogens with one attached hydrogen (secondary N) is 1. The number of aliphatic hydroxyl groups excluding tert-OH is 1. The number of nitrogens with zero attached hydrogens (tertiary/aromatic N) is 1. The van der Waals surface area contributed by atoms with E-state index in [-0.39, 0.29) is 6.61 Å². The lowest BCUT2D eigenvalue weighted by Crippen LogP contribution is -2.02. The van der Waals surface area contributed by atoms with E-state index in [1.165, 1.54) is 5.56 Å². The van der Waals surface area contributed by atoms with Gasteiger partial charge in [-0.25, -0.2) is 4.98 Å². The molecular weight excluding hydrogens is 304 g/mol. The van der Waals surface area contributed by atoms with E-state index in [0.717, 1.165) is 22.7 Å². The number of hydrogen-bond acceptors (Lipinski definition) is 5. The number of benzene rings is 2. The Morgan fingerprint density at radius 1 is 1.08 bits per heavy atom. The molecule has 1 heterocycles. The van der Waals surface area contributed by atoms with Gasteiger partial charge in [0.25, 0.3) is 0 Å². The van der Waals surface area contributed by atoms with Crippen molar-refractivity contribution < 1.29 is 14.3 Å². The van der Waals surface area contributed by atoms with E-state index in [1.54, 1.807) is 6.26 Å². The molecule has 0 amide bonds. The summed E-state index contributed by atoms with van der Waals surface area (Å²) in [6.07, 6.45) is 1.67. The fraction of sp³-hybridized carbons (Fsp3) is 0.211. The number of anilines is 1. The molecule has 0 aliphatic heterocycles. The van der Waals surface area contributed by atoms with Crippen molar-refractivity contribution in [3.8, 4) is 17.2 Å². The second-order valence-corrected chi connectivity index (χ2v) is 5.46. The maximum absolute atomic E-state index is 8.74. The Morgan fingerprint density at radius 2 is 1.83 bits per heavy atom. The fourth-order valence-electron chi connectivity index (χ4n) is 2.24. The molecule has 2 N–H and O–H groups in total. The number of ether oxygens (including phenoxy) is 1. The van der Waals surface area contributed by atoms with Crippen LogP contribution in [-0.2, 0) is 6.54 Å². The molecule has 0 bridgehead atoms. The van der Waals surface area contributed by atoms with Crippen molar-refractivity contribution >= 4 is 5.69 Å². The smallest absolute Gasteiger partial charge is 0.226 e.